The second-order valence-electron chi connectivity index (χ2n) is 2.23. The van der Waals surface area contributed by atoms with Gasteiger partial charge in [-0.25, -0.2) is 0 Å². The molecule has 0 unspecified atom stereocenters. The Hall–Kier alpha value is -1.02. The summed E-state index contributed by atoms with van der Waals surface area (Å²) in [7, 11) is 0. The number of halogens is 1. The molecule has 1 N–H and O–H groups in total. The van der Waals surface area contributed by atoms with Gasteiger partial charge in [-0.3, -0.25) is 4.79 Å². The zero-order valence-corrected chi connectivity index (χ0v) is 6.85. The monoisotopic (exact) mass is 169 g/mol. The topological polar surface area (TPSA) is 29.1 Å². The number of aryl methyl sites for hydroxylation is 1. The predicted molar refractivity (Wildman–Crippen MR) is 45.9 cm³/mol. The molecule has 11 heavy (non-hydrogen) atoms. The molecule has 3 heteroatoms. The summed E-state index contributed by atoms with van der Waals surface area (Å²) in [4.78, 5) is 10.0. The average Bonchev–Trinajstić information content (AvgIpc) is 1.98. The van der Waals surface area contributed by atoms with Gasteiger partial charge < -0.3 is 5.32 Å². The lowest BCUT2D eigenvalue weighted by Gasteiger charge is -2.00. The van der Waals surface area contributed by atoms with E-state index in [1.54, 1.807) is 12.1 Å². The van der Waals surface area contributed by atoms with Crippen LogP contribution in [0.15, 0.2) is 18.2 Å². The van der Waals surface area contributed by atoms with Gasteiger partial charge >= 0.3 is 0 Å². The molecule has 1 aromatic rings. The van der Waals surface area contributed by atoms with E-state index in [1.807, 2.05) is 13.0 Å². The summed E-state index contributed by atoms with van der Waals surface area (Å²) < 4.78 is 0. The van der Waals surface area contributed by atoms with Crippen molar-refractivity contribution in [2.75, 3.05) is 5.32 Å². The maximum atomic E-state index is 10.0. The van der Waals surface area contributed by atoms with Gasteiger partial charge in [-0.1, -0.05) is 17.7 Å². The van der Waals surface area contributed by atoms with Crippen LogP contribution in [0.5, 0.6) is 0 Å². The normalized spacial score (nSPS) is 9.27. The SMILES string of the molecule is Cc1ccc(NC=O)cc1Cl. The molecular formula is C8H8ClNO. The molecule has 0 aromatic heterocycles. The highest BCUT2D eigenvalue weighted by Gasteiger charge is 1.95. The maximum absolute atomic E-state index is 10.0. The van der Waals surface area contributed by atoms with E-state index in [0.29, 0.717) is 11.4 Å². The fraction of sp³-hybridized carbons (Fsp3) is 0.125. The number of hydrogen-bond donors (Lipinski definition) is 1. The molecule has 2 nitrogen and oxygen atoms in total. The first-order valence-corrected chi connectivity index (χ1v) is 3.58. The average molecular weight is 170 g/mol. The van der Waals surface area contributed by atoms with E-state index < -0.39 is 0 Å². The highest BCUT2D eigenvalue weighted by atomic mass is 35.5. The molecule has 0 spiro atoms. The van der Waals surface area contributed by atoms with Crippen LogP contribution in [0.3, 0.4) is 0 Å². The quantitative estimate of drug-likeness (QED) is 0.676. The molecule has 0 heterocycles. The Morgan fingerprint density at radius 1 is 1.55 bits per heavy atom. The van der Waals surface area contributed by atoms with Gasteiger partial charge in [-0.15, -0.1) is 0 Å². The van der Waals surface area contributed by atoms with Crippen LogP contribution in [0.2, 0.25) is 5.02 Å². The largest absolute Gasteiger partial charge is 0.329 e. The third-order valence-electron chi connectivity index (χ3n) is 1.40. The van der Waals surface area contributed by atoms with Crippen LogP contribution in [0, 0.1) is 6.92 Å². The zero-order valence-electron chi connectivity index (χ0n) is 6.10. The van der Waals surface area contributed by atoms with E-state index in [-0.39, 0.29) is 0 Å². The molecule has 0 saturated carbocycles. The molecule has 58 valence electrons. The maximum Gasteiger partial charge on any atom is 0.211 e. The van der Waals surface area contributed by atoms with Crippen molar-refractivity contribution in [1.82, 2.24) is 0 Å². The van der Waals surface area contributed by atoms with Crippen LogP contribution in [-0.2, 0) is 4.79 Å². The van der Waals surface area contributed by atoms with Crippen molar-refractivity contribution in [2.45, 2.75) is 6.92 Å². The molecule has 1 aromatic carbocycles. The van der Waals surface area contributed by atoms with Crippen molar-refractivity contribution in [2.24, 2.45) is 0 Å². The molecule has 0 aliphatic rings. The first-order valence-electron chi connectivity index (χ1n) is 3.20. The Labute approximate surface area is 70.2 Å². The van der Waals surface area contributed by atoms with Gasteiger partial charge in [0.1, 0.15) is 0 Å². The minimum atomic E-state index is 0.626. The van der Waals surface area contributed by atoms with Crippen LogP contribution in [-0.4, -0.2) is 6.41 Å². The lowest BCUT2D eigenvalue weighted by atomic mass is 10.2. The van der Waals surface area contributed by atoms with Crippen LogP contribution < -0.4 is 5.32 Å². The Balaban J connectivity index is 2.95. The Kier molecular flexibility index (Phi) is 2.49. The summed E-state index contributed by atoms with van der Waals surface area (Å²) in [6.45, 7) is 1.91. The minimum Gasteiger partial charge on any atom is -0.329 e. The van der Waals surface area contributed by atoms with Crippen molar-refractivity contribution in [3.63, 3.8) is 0 Å². The van der Waals surface area contributed by atoms with Gasteiger partial charge in [0.25, 0.3) is 0 Å². The fourth-order valence-corrected chi connectivity index (χ4v) is 0.931. The number of carbonyl (C=O) groups is 1. The summed E-state index contributed by atoms with van der Waals surface area (Å²) in [6, 6.07) is 5.37. The van der Waals surface area contributed by atoms with Crippen molar-refractivity contribution in [1.29, 1.82) is 0 Å². The third kappa shape index (κ3) is 1.95. The molecule has 0 fully saturated rings. The summed E-state index contributed by atoms with van der Waals surface area (Å²) in [5.41, 5.74) is 1.72. The predicted octanol–water partition coefficient (Wildman–Crippen LogP) is 2.22. The summed E-state index contributed by atoms with van der Waals surface area (Å²) in [5, 5.41) is 3.17. The van der Waals surface area contributed by atoms with Crippen molar-refractivity contribution < 1.29 is 4.79 Å². The van der Waals surface area contributed by atoms with Gasteiger partial charge in [0, 0.05) is 10.7 Å². The molecule has 0 aliphatic carbocycles. The van der Waals surface area contributed by atoms with Crippen molar-refractivity contribution >= 4 is 23.7 Å². The molecule has 0 aliphatic heterocycles. The zero-order chi connectivity index (χ0) is 8.27. The molecular weight excluding hydrogens is 162 g/mol. The number of rotatable bonds is 2. The second-order valence-corrected chi connectivity index (χ2v) is 2.63. The summed E-state index contributed by atoms with van der Waals surface area (Å²) in [6.07, 6.45) is 0.626. The number of nitrogens with one attached hydrogen (secondary N) is 1. The van der Waals surface area contributed by atoms with Crippen LogP contribution in [0.4, 0.5) is 5.69 Å². The van der Waals surface area contributed by atoms with Crippen LogP contribution >= 0.6 is 11.6 Å². The number of carbonyl (C=O) groups excluding carboxylic acids is 1. The van der Waals surface area contributed by atoms with Crippen molar-refractivity contribution in [3.05, 3.63) is 28.8 Å². The highest BCUT2D eigenvalue weighted by Crippen LogP contribution is 2.19. The fourth-order valence-electron chi connectivity index (χ4n) is 0.751. The van der Waals surface area contributed by atoms with E-state index in [9.17, 15) is 4.79 Å². The Morgan fingerprint density at radius 2 is 2.27 bits per heavy atom. The lowest BCUT2D eigenvalue weighted by molar-refractivity contribution is -0.105. The van der Waals surface area contributed by atoms with Crippen LogP contribution in [0.1, 0.15) is 5.56 Å². The Bertz CT molecular complexity index is 273. The highest BCUT2D eigenvalue weighted by molar-refractivity contribution is 6.31. The van der Waals surface area contributed by atoms with Gasteiger partial charge in [0.2, 0.25) is 6.41 Å². The molecule has 1 amide bonds. The lowest BCUT2D eigenvalue weighted by Crippen LogP contribution is -1.93. The van der Waals surface area contributed by atoms with Gasteiger partial charge in [0.05, 0.1) is 0 Å². The van der Waals surface area contributed by atoms with E-state index in [1.165, 1.54) is 0 Å². The summed E-state index contributed by atoms with van der Waals surface area (Å²) >= 11 is 5.79. The van der Waals surface area contributed by atoms with E-state index in [2.05, 4.69) is 5.32 Å². The Morgan fingerprint density at radius 3 is 2.82 bits per heavy atom. The van der Waals surface area contributed by atoms with Gasteiger partial charge in [-0.2, -0.15) is 0 Å². The minimum absolute atomic E-state index is 0.626. The van der Waals surface area contributed by atoms with Crippen LogP contribution in [0.25, 0.3) is 0 Å². The van der Waals surface area contributed by atoms with E-state index in [4.69, 9.17) is 11.6 Å². The smallest absolute Gasteiger partial charge is 0.211 e. The number of amides is 1. The molecule has 1 rings (SSSR count). The molecule has 0 radical (unpaired) electrons. The van der Waals surface area contributed by atoms with Crippen molar-refractivity contribution in [3.8, 4) is 0 Å². The number of benzene rings is 1. The van der Waals surface area contributed by atoms with Gasteiger partial charge in [-0.05, 0) is 24.6 Å². The molecule has 0 bridgehead atoms. The summed E-state index contributed by atoms with van der Waals surface area (Å²) in [5.74, 6) is 0. The number of anilines is 1. The van der Waals surface area contributed by atoms with E-state index >= 15 is 0 Å². The second kappa shape index (κ2) is 3.39. The van der Waals surface area contributed by atoms with E-state index in [0.717, 1.165) is 11.3 Å². The third-order valence-corrected chi connectivity index (χ3v) is 1.80. The molecule has 0 saturated heterocycles. The molecule has 0 atom stereocenters. The first-order chi connectivity index (χ1) is 5.24. The number of hydrogen-bond acceptors (Lipinski definition) is 1. The van der Waals surface area contributed by atoms with Gasteiger partial charge in [0.15, 0.2) is 0 Å². The standard InChI is InChI=1S/C8H8ClNO/c1-6-2-3-7(10-5-11)4-8(6)9/h2-5H,1H3,(H,10,11). The first kappa shape index (κ1) is 8.08.